The van der Waals surface area contributed by atoms with Crippen LogP contribution in [0.1, 0.15) is 12.5 Å². The second-order valence-electron chi connectivity index (χ2n) is 6.01. The molecule has 0 radical (unpaired) electrons. The number of carbonyl (C=O) groups excluding carboxylic acids is 1. The number of hydrogen-bond donors (Lipinski definition) is 1. The molecule has 0 aliphatic carbocycles. The van der Waals surface area contributed by atoms with Gasteiger partial charge >= 0.3 is 6.01 Å². The van der Waals surface area contributed by atoms with Gasteiger partial charge in [-0.05, 0) is 48.9 Å². The maximum absolute atomic E-state index is 12.2. The van der Waals surface area contributed by atoms with E-state index in [9.17, 15) is 13.2 Å². The highest BCUT2D eigenvalue weighted by Gasteiger charge is 2.13. The van der Waals surface area contributed by atoms with E-state index in [4.69, 9.17) is 9.15 Å². The van der Waals surface area contributed by atoms with Crippen LogP contribution < -0.4 is 10.1 Å². The first-order valence-corrected chi connectivity index (χ1v) is 10.4. The summed E-state index contributed by atoms with van der Waals surface area (Å²) in [4.78, 5) is 12.4. The molecular formula is C19H19N3O5S. The van der Waals surface area contributed by atoms with Crippen LogP contribution in [0.15, 0.2) is 57.8 Å². The number of nitrogens with one attached hydrogen (secondary N) is 1. The van der Waals surface area contributed by atoms with Crippen molar-refractivity contribution in [3.8, 4) is 17.2 Å². The largest absolute Gasteiger partial charge is 0.494 e. The fraction of sp³-hybridized carbons (Fsp3) is 0.211. The number of amides is 1. The minimum Gasteiger partial charge on any atom is -0.494 e. The van der Waals surface area contributed by atoms with Crippen LogP contribution in [0.25, 0.3) is 11.5 Å². The summed E-state index contributed by atoms with van der Waals surface area (Å²) in [5, 5.41) is 10.2. The third-order valence-corrected chi connectivity index (χ3v) is 4.93. The lowest BCUT2D eigenvalue weighted by Crippen LogP contribution is -2.14. The maximum Gasteiger partial charge on any atom is 0.322 e. The van der Waals surface area contributed by atoms with Gasteiger partial charge in [-0.1, -0.05) is 17.2 Å². The molecule has 2 aromatic carbocycles. The highest BCUT2D eigenvalue weighted by molar-refractivity contribution is 7.90. The summed E-state index contributed by atoms with van der Waals surface area (Å²) in [5.74, 6) is 0.623. The fourth-order valence-electron chi connectivity index (χ4n) is 2.45. The molecule has 0 saturated carbocycles. The first-order valence-electron chi connectivity index (χ1n) is 8.51. The van der Waals surface area contributed by atoms with Crippen molar-refractivity contribution in [1.29, 1.82) is 0 Å². The van der Waals surface area contributed by atoms with E-state index in [1.54, 1.807) is 24.3 Å². The molecule has 0 saturated heterocycles. The minimum atomic E-state index is -3.28. The summed E-state index contributed by atoms with van der Waals surface area (Å²) in [6.07, 6.45) is 1.28. The molecule has 1 N–H and O–H groups in total. The normalized spacial score (nSPS) is 11.2. The fourth-order valence-corrected chi connectivity index (χ4v) is 3.08. The molecule has 1 aromatic heterocycles. The summed E-state index contributed by atoms with van der Waals surface area (Å²) in [7, 11) is -3.28. The molecule has 0 fully saturated rings. The molecule has 0 spiro atoms. The van der Waals surface area contributed by atoms with Crippen molar-refractivity contribution in [3.63, 3.8) is 0 Å². The van der Waals surface area contributed by atoms with Gasteiger partial charge in [-0.3, -0.25) is 10.1 Å². The predicted molar refractivity (Wildman–Crippen MR) is 103 cm³/mol. The molecule has 28 heavy (non-hydrogen) atoms. The van der Waals surface area contributed by atoms with Gasteiger partial charge in [0, 0.05) is 11.8 Å². The molecule has 1 heterocycles. The lowest BCUT2D eigenvalue weighted by atomic mass is 10.1. The Labute approximate surface area is 162 Å². The standard InChI is InChI=1S/C19H19N3O5S/c1-3-26-15-8-4-13(5-9-15)12-17(23)20-19-22-21-18(27-19)14-6-10-16(11-7-14)28(2,24)25/h4-11H,3,12H2,1-2H3,(H,20,22,23). The van der Waals surface area contributed by atoms with Crippen LogP contribution in [0.5, 0.6) is 5.75 Å². The maximum atomic E-state index is 12.2. The second-order valence-corrected chi connectivity index (χ2v) is 8.03. The van der Waals surface area contributed by atoms with Crippen LogP contribution in [0, 0.1) is 0 Å². The first-order chi connectivity index (χ1) is 13.3. The molecule has 146 valence electrons. The molecule has 0 bridgehead atoms. The van der Waals surface area contributed by atoms with Gasteiger partial charge in [-0.2, -0.15) is 0 Å². The monoisotopic (exact) mass is 401 g/mol. The molecule has 0 aliphatic heterocycles. The molecule has 0 unspecified atom stereocenters. The molecule has 3 rings (SSSR count). The quantitative estimate of drug-likeness (QED) is 0.648. The third-order valence-electron chi connectivity index (χ3n) is 3.80. The van der Waals surface area contributed by atoms with Crippen LogP contribution in [-0.4, -0.2) is 37.4 Å². The Morgan fingerprint density at radius 3 is 2.36 bits per heavy atom. The number of carbonyl (C=O) groups is 1. The van der Waals surface area contributed by atoms with Gasteiger partial charge in [-0.15, -0.1) is 5.10 Å². The van der Waals surface area contributed by atoms with E-state index >= 15 is 0 Å². The Bertz CT molecular complexity index is 1060. The third kappa shape index (κ3) is 4.95. The molecule has 8 nitrogen and oxygen atoms in total. The van der Waals surface area contributed by atoms with Crippen LogP contribution in [0.3, 0.4) is 0 Å². The summed E-state index contributed by atoms with van der Waals surface area (Å²) in [6.45, 7) is 2.48. The van der Waals surface area contributed by atoms with Crippen LogP contribution >= 0.6 is 0 Å². The van der Waals surface area contributed by atoms with E-state index in [1.807, 2.05) is 19.1 Å². The molecule has 0 aliphatic rings. The van der Waals surface area contributed by atoms with E-state index in [1.165, 1.54) is 12.1 Å². The molecule has 0 atom stereocenters. The number of ether oxygens (including phenoxy) is 1. The highest BCUT2D eigenvalue weighted by Crippen LogP contribution is 2.22. The summed E-state index contributed by atoms with van der Waals surface area (Å²) < 4.78 is 33.8. The lowest BCUT2D eigenvalue weighted by Gasteiger charge is -2.04. The zero-order valence-corrected chi connectivity index (χ0v) is 16.2. The van der Waals surface area contributed by atoms with E-state index in [0.29, 0.717) is 12.2 Å². The molecular weight excluding hydrogens is 382 g/mol. The zero-order chi connectivity index (χ0) is 20.1. The molecule has 9 heteroatoms. The second kappa shape index (κ2) is 8.22. The van der Waals surface area contributed by atoms with Crippen molar-refractivity contribution in [2.45, 2.75) is 18.2 Å². The average Bonchev–Trinajstić information content (AvgIpc) is 3.11. The minimum absolute atomic E-state index is 0.0295. The van der Waals surface area contributed by atoms with E-state index in [-0.39, 0.29) is 29.1 Å². The van der Waals surface area contributed by atoms with Gasteiger partial charge in [0.25, 0.3) is 0 Å². The Hall–Kier alpha value is -3.20. The number of nitrogens with zero attached hydrogens (tertiary/aromatic N) is 2. The van der Waals surface area contributed by atoms with E-state index in [2.05, 4.69) is 15.5 Å². The number of rotatable bonds is 7. The summed E-state index contributed by atoms with van der Waals surface area (Å²) in [5.41, 5.74) is 1.36. The van der Waals surface area contributed by atoms with E-state index in [0.717, 1.165) is 17.6 Å². The topological polar surface area (TPSA) is 111 Å². The number of hydrogen-bond acceptors (Lipinski definition) is 7. The van der Waals surface area contributed by atoms with Crippen molar-refractivity contribution in [3.05, 3.63) is 54.1 Å². The van der Waals surface area contributed by atoms with Gasteiger partial charge in [0.15, 0.2) is 9.84 Å². The van der Waals surface area contributed by atoms with Crippen LogP contribution in [0.2, 0.25) is 0 Å². The Balaban J connectivity index is 1.63. The Kier molecular flexibility index (Phi) is 5.74. The predicted octanol–water partition coefficient (Wildman–Crippen LogP) is 2.72. The summed E-state index contributed by atoms with van der Waals surface area (Å²) in [6, 6.07) is 13.2. The van der Waals surface area contributed by atoms with Crippen molar-refractivity contribution in [2.75, 3.05) is 18.2 Å². The zero-order valence-electron chi connectivity index (χ0n) is 15.4. The Morgan fingerprint density at radius 2 is 1.75 bits per heavy atom. The smallest absolute Gasteiger partial charge is 0.322 e. The Morgan fingerprint density at radius 1 is 1.07 bits per heavy atom. The van der Waals surface area contributed by atoms with Gasteiger partial charge in [0.05, 0.1) is 17.9 Å². The summed E-state index contributed by atoms with van der Waals surface area (Å²) >= 11 is 0. The average molecular weight is 401 g/mol. The van der Waals surface area contributed by atoms with Crippen LogP contribution in [0.4, 0.5) is 6.01 Å². The van der Waals surface area contributed by atoms with Crippen molar-refractivity contribution in [1.82, 2.24) is 10.2 Å². The molecule has 3 aromatic rings. The number of aromatic nitrogens is 2. The van der Waals surface area contributed by atoms with Gasteiger partial charge in [-0.25, -0.2) is 8.42 Å². The molecule has 1 amide bonds. The van der Waals surface area contributed by atoms with Gasteiger partial charge in [0.2, 0.25) is 11.8 Å². The number of anilines is 1. The first kappa shape index (κ1) is 19.6. The van der Waals surface area contributed by atoms with E-state index < -0.39 is 9.84 Å². The highest BCUT2D eigenvalue weighted by atomic mass is 32.2. The van der Waals surface area contributed by atoms with Crippen LogP contribution in [-0.2, 0) is 21.1 Å². The van der Waals surface area contributed by atoms with Gasteiger partial charge < -0.3 is 9.15 Å². The van der Waals surface area contributed by atoms with Crippen molar-refractivity contribution >= 4 is 21.8 Å². The number of sulfone groups is 1. The van der Waals surface area contributed by atoms with Crippen molar-refractivity contribution in [2.24, 2.45) is 0 Å². The van der Waals surface area contributed by atoms with Crippen molar-refractivity contribution < 1.29 is 22.4 Å². The number of benzene rings is 2. The lowest BCUT2D eigenvalue weighted by molar-refractivity contribution is -0.115. The van der Waals surface area contributed by atoms with Gasteiger partial charge in [0.1, 0.15) is 5.75 Å². The SMILES string of the molecule is CCOc1ccc(CC(=O)Nc2nnc(-c3ccc(S(C)(=O)=O)cc3)o2)cc1.